The molecule has 0 bridgehead atoms. The first kappa shape index (κ1) is 28.7. The van der Waals surface area contributed by atoms with Crippen LogP contribution in [-0.4, -0.2) is 46.3 Å². The van der Waals surface area contributed by atoms with Gasteiger partial charge in [-0.25, -0.2) is 4.57 Å². The van der Waals surface area contributed by atoms with E-state index in [1.807, 2.05) is 35.1 Å². The highest BCUT2D eigenvalue weighted by atomic mass is 35.5. The van der Waals surface area contributed by atoms with E-state index in [0.717, 1.165) is 28.2 Å². The van der Waals surface area contributed by atoms with Crippen molar-refractivity contribution in [2.45, 2.75) is 38.6 Å². The van der Waals surface area contributed by atoms with E-state index in [2.05, 4.69) is 4.98 Å². The largest absolute Gasteiger partial charge is 0.481 e. The number of hydrogen-bond acceptors (Lipinski definition) is 8. The Balaban J connectivity index is 1.38. The van der Waals surface area contributed by atoms with E-state index in [0.29, 0.717) is 41.3 Å². The summed E-state index contributed by atoms with van der Waals surface area (Å²) in [6.07, 6.45) is 19.1. The van der Waals surface area contributed by atoms with Crippen molar-refractivity contribution in [3.8, 4) is 0 Å². The molecule has 0 fully saturated rings. The Morgan fingerprint density at radius 3 is 2.82 bits per heavy atom. The number of rotatable bonds is 13. The number of pyridine rings is 1. The average Bonchev–Trinajstić information content (AvgIpc) is 3.46. The van der Waals surface area contributed by atoms with E-state index in [1.165, 1.54) is 11.3 Å². The van der Waals surface area contributed by atoms with Crippen molar-refractivity contribution in [1.82, 2.24) is 9.97 Å². The zero-order chi connectivity index (χ0) is 27.8. The van der Waals surface area contributed by atoms with Crippen molar-refractivity contribution in [2.24, 2.45) is 0 Å². The molecule has 0 unspecified atom stereocenters. The molecule has 206 valence electrons. The Bertz CT molecular complexity index is 1660. The van der Waals surface area contributed by atoms with Crippen molar-refractivity contribution in [3.05, 3.63) is 63.8 Å². The predicted molar refractivity (Wildman–Crippen MR) is 151 cm³/mol. The van der Waals surface area contributed by atoms with Crippen molar-refractivity contribution in [2.75, 3.05) is 17.2 Å². The lowest BCUT2D eigenvalue weighted by molar-refractivity contribution is -0.673. The molecule has 3 aromatic rings. The predicted octanol–water partition coefficient (Wildman–Crippen LogP) is 3.31. The molecule has 1 aliphatic heterocycles. The molecule has 0 aliphatic carbocycles. The van der Waals surface area contributed by atoms with Crippen LogP contribution in [-0.2, 0) is 21.5 Å². The zero-order valence-corrected chi connectivity index (χ0v) is 23.3. The number of aliphatic carboxylic acids is 1. The molecular weight excluding hydrogens is 564 g/mol. The van der Waals surface area contributed by atoms with E-state index in [9.17, 15) is 13.2 Å². The Kier molecular flexibility index (Phi) is 9.68. The summed E-state index contributed by atoms with van der Waals surface area (Å²) >= 11 is 7.83. The van der Waals surface area contributed by atoms with Gasteiger partial charge in [0.1, 0.15) is 10.9 Å². The van der Waals surface area contributed by atoms with Crippen LogP contribution in [0.15, 0.2) is 47.2 Å². The average molecular weight is 592 g/mol. The molecule has 0 saturated heterocycles. The summed E-state index contributed by atoms with van der Waals surface area (Å²) in [4.78, 5) is 21.7. The van der Waals surface area contributed by atoms with Crippen molar-refractivity contribution in [3.63, 3.8) is 0 Å². The van der Waals surface area contributed by atoms with Crippen molar-refractivity contribution < 1.29 is 31.9 Å². The Morgan fingerprint density at radius 1 is 1.18 bits per heavy atom. The van der Waals surface area contributed by atoms with Gasteiger partial charge in [0, 0.05) is 31.3 Å². The summed E-state index contributed by atoms with van der Waals surface area (Å²) < 4.78 is 39.6. The second kappa shape index (κ2) is 13.2. The molecular formula is C26H28ClN4O6S2+. The minimum Gasteiger partial charge on any atom is -0.481 e. The molecule has 39 heavy (non-hydrogen) atoms. The third-order valence-electron chi connectivity index (χ3n) is 5.70. The van der Waals surface area contributed by atoms with E-state index in [1.54, 1.807) is 35.4 Å². The minimum atomic E-state index is -4.01. The van der Waals surface area contributed by atoms with Crippen LogP contribution < -0.4 is 20.4 Å². The second-order valence-corrected chi connectivity index (χ2v) is 11.9. The highest BCUT2D eigenvalue weighted by Crippen LogP contribution is 2.23. The Labute approximate surface area is 234 Å². The van der Waals surface area contributed by atoms with Gasteiger partial charge in [0.05, 0.1) is 17.3 Å². The quantitative estimate of drug-likeness (QED) is 0.133. The Hall–Kier alpha value is -3.32. The first-order valence-corrected chi connectivity index (χ1v) is 15.1. The van der Waals surface area contributed by atoms with Crippen LogP contribution in [0.5, 0.6) is 0 Å². The smallest absolute Gasteiger partial charge is 0.342 e. The lowest BCUT2D eigenvalue weighted by Crippen LogP contribution is -2.34. The van der Waals surface area contributed by atoms with Gasteiger partial charge in [-0.2, -0.15) is 13.4 Å². The molecule has 0 spiro atoms. The molecule has 0 amide bonds. The van der Waals surface area contributed by atoms with E-state index in [4.69, 9.17) is 30.7 Å². The van der Waals surface area contributed by atoms with Gasteiger partial charge in [0.2, 0.25) is 10.6 Å². The highest BCUT2D eigenvalue weighted by Gasteiger charge is 2.17. The van der Waals surface area contributed by atoms with Gasteiger partial charge in [-0.3, -0.25) is 9.35 Å². The summed E-state index contributed by atoms with van der Waals surface area (Å²) in [6.45, 7) is 1.09. The number of unbranched alkanes of at least 4 members (excludes halogenated alkanes) is 2. The lowest BCUT2D eigenvalue weighted by Gasteiger charge is -2.18. The molecule has 0 saturated carbocycles. The minimum absolute atomic E-state index is 0.179. The van der Waals surface area contributed by atoms with Gasteiger partial charge in [-0.05, 0) is 48.9 Å². The van der Waals surface area contributed by atoms with Gasteiger partial charge in [0.15, 0.2) is 11.2 Å². The molecule has 10 nitrogen and oxygen atoms in total. The number of aromatic nitrogens is 3. The van der Waals surface area contributed by atoms with Gasteiger partial charge >= 0.3 is 11.6 Å². The summed E-state index contributed by atoms with van der Waals surface area (Å²) in [7, 11) is -4.01. The molecule has 0 atom stereocenters. The van der Waals surface area contributed by atoms with Crippen LogP contribution >= 0.6 is 22.9 Å². The SMILES string of the molecule is O=C(O)CCCCC[n+]1cc(Cl)cc2sc(/C=C/C=C/C=c3\nc4c(o3)=CC=CN4CCCS(=O)(=O)O)nc21. The maximum absolute atomic E-state index is 11.0. The third-order valence-corrected chi connectivity index (χ3v) is 7.67. The zero-order valence-electron chi connectivity index (χ0n) is 20.9. The number of carboxylic acid groups (broad SMARTS) is 1. The van der Waals surface area contributed by atoms with Crippen LogP contribution in [0, 0.1) is 0 Å². The molecule has 4 rings (SSSR count). The monoisotopic (exact) mass is 591 g/mol. The summed E-state index contributed by atoms with van der Waals surface area (Å²) in [5.74, 6) is -0.506. The number of oxazole rings is 1. The molecule has 1 aliphatic rings. The van der Waals surface area contributed by atoms with E-state index < -0.39 is 16.1 Å². The van der Waals surface area contributed by atoms with Crippen LogP contribution in [0.4, 0.5) is 5.82 Å². The number of fused-ring (bicyclic) bond motifs is 2. The maximum Gasteiger partial charge on any atom is 0.342 e. The fraction of sp³-hybridized carbons (Fsp3) is 0.308. The fourth-order valence-electron chi connectivity index (χ4n) is 3.96. The van der Waals surface area contributed by atoms with Crippen LogP contribution in [0.1, 0.15) is 37.1 Å². The van der Waals surface area contributed by atoms with Crippen molar-refractivity contribution in [1.29, 1.82) is 0 Å². The number of nitrogens with zero attached hydrogens (tertiary/aromatic N) is 4. The van der Waals surface area contributed by atoms with E-state index in [-0.39, 0.29) is 18.6 Å². The molecule has 0 radical (unpaired) electrons. The molecule has 3 aromatic heterocycles. The standard InChI is InChI=1S/C26H27ClN4O6S2/c27-19-17-21-26(31(18-19)13-6-2-5-12-24(32)33)29-23(38-21)11-4-1-3-10-22-28-25-20(37-22)9-7-14-30(25)15-8-16-39(34,35)36/h1,3-4,7,9-11,14,17-18H,2,5-6,8,12-13,15-16H2,(H-,32,33,34,35,36)/p+1. The number of aryl methyl sites for hydroxylation is 1. The normalized spacial score (nSPS) is 14.1. The van der Waals surface area contributed by atoms with Gasteiger partial charge in [-0.1, -0.05) is 41.2 Å². The van der Waals surface area contributed by atoms with Crippen LogP contribution in [0.3, 0.4) is 0 Å². The van der Waals surface area contributed by atoms with Crippen molar-refractivity contribution >= 4 is 73.4 Å². The van der Waals surface area contributed by atoms with Gasteiger partial charge < -0.3 is 14.4 Å². The third kappa shape index (κ3) is 8.59. The molecule has 2 N–H and O–H groups in total. The fourth-order valence-corrected chi connectivity index (χ4v) is 5.69. The number of anilines is 1. The topological polar surface area (TPSA) is 138 Å². The molecule has 4 heterocycles. The number of carbonyl (C=O) groups is 1. The number of carboxylic acids is 1. The second-order valence-electron chi connectivity index (χ2n) is 8.79. The first-order valence-electron chi connectivity index (χ1n) is 12.3. The number of hydrogen-bond donors (Lipinski definition) is 2. The first-order chi connectivity index (χ1) is 18.7. The molecule has 13 heteroatoms. The highest BCUT2D eigenvalue weighted by molar-refractivity contribution is 7.85. The summed E-state index contributed by atoms with van der Waals surface area (Å²) in [6, 6.07) is 1.89. The summed E-state index contributed by atoms with van der Waals surface area (Å²) in [5, 5.41) is 10.2. The summed E-state index contributed by atoms with van der Waals surface area (Å²) in [5.41, 5.74) is 1.82. The van der Waals surface area contributed by atoms with E-state index >= 15 is 0 Å². The van der Waals surface area contributed by atoms with Gasteiger partial charge in [-0.15, -0.1) is 0 Å². The van der Waals surface area contributed by atoms with Gasteiger partial charge in [0.25, 0.3) is 10.1 Å². The number of thiazole rings is 1. The lowest BCUT2D eigenvalue weighted by atomic mass is 10.2. The van der Waals surface area contributed by atoms with Crippen LogP contribution in [0.25, 0.3) is 28.6 Å². The maximum atomic E-state index is 11.0. The van der Waals surface area contributed by atoms with Crippen LogP contribution in [0.2, 0.25) is 5.02 Å². The number of allylic oxidation sites excluding steroid dienone is 4. The molecule has 0 aromatic carbocycles. The number of halogens is 1. The Morgan fingerprint density at radius 2 is 2.03 bits per heavy atom.